The van der Waals surface area contributed by atoms with Crippen LogP contribution in [0.4, 0.5) is 4.79 Å². The van der Waals surface area contributed by atoms with E-state index in [1.807, 2.05) is 35.2 Å². The van der Waals surface area contributed by atoms with Crippen LogP contribution in [0, 0.1) is 0 Å². The van der Waals surface area contributed by atoms with Crippen LogP contribution in [0.15, 0.2) is 30.3 Å². The molecule has 1 N–H and O–H groups in total. The number of ether oxygens (including phenoxy) is 1. The van der Waals surface area contributed by atoms with Crippen molar-refractivity contribution in [3.05, 3.63) is 35.9 Å². The Hall–Kier alpha value is -2.08. The van der Waals surface area contributed by atoms with Crippen molar-refractivity contribution in [2.24, 2.45) is 0 Å². The number of carbonyl (C=O) groups is 2. The number of hydrogen-bond acceptors (Lipinski definition) is 3. The highest BCUT2D eigenvalue weighted by Gasteiger charge is 2.38. The lowest BCUT2D eigenvalue weighted by atomic mass is 9.96. The van der Waals surface area contributed by atoms with Crippen molar-refractivity contribution in [3.8, 4) is 0 Å². The summed E-state index contributed by atoms with van der Waals surface area (Å²) in [5.74, 6) is 0.0699. The van der Waals surface area contributed by atoms with Crippen LogP contribution < -0.4 is 5.32 Å². The molecule has 3 amide bonds. The number of morpholine rings is 1. The number of hydrogen-bond donors (Lipinski definition) is 1. The maximum Gasteiger partial charge on any atom is 0.318 e. The fraction of sp³-hybridized carbons (Fsp3) is 0.636. The van der Waals surface area contributed by atoms with Gasteiger partial charge in [0.05, 0.1) is 13.2 Å². The minimum Gasteiger partial charge on any atom is -0.370 e. The topological polar surface area (TPSA) is 61.9 Å². The largest absolute Gasteiger partial charge is 0.370 e. The molecule has 1 aromatic carbocycles. The second kappa shape index (κ2) is 8.95. The first-order valence-electron chi connectivity index (χ1n) is 10.7. The Labute approximate surface area is 167 Å². The van der Waals surface area contributed by atoms with Crippen LogP contribution in [0.1, 0.15) is 56.6 Å². The van der Waals surface area contributed by atoms with E-state index in [1.165, 1.54) is 19.3 Å². The molecular weight excluding hydrogens is 354 g/mol. The minimum atomic E-state index is -0.335. The quantitative estimate of drug-likeness (QED) is 0.870. The molecule has 2 aliphatic heterocycles. The lowest BCUT2D eigenvalue weighted by Gasteiger charge is -2.36. The molecule has 3 aliphatic rings. The summed E-state index contributed by atoms with van der Waals surface area (Å²) >= 11 is 0. The molecule has 1 saturated carbocycles. The average molecular weight is 386 g/mol. The molecule has 28 heavy (non-hydrogen) atoms. The Morgan fingerprint density at radius 3 is 2.54 bits per heavy atom. The van der Waals surface area contributed by atoms with Gasteiger partial charge in [-0.15, -0.1) is 0 Å². The third-order valence-corrected chi connectivity index (χ3v) is 6.28. The predicted molar refractivity (Wildman–Crippen MR) is 107 cm³/mol. The van der Waals surface area contributed by atoms with Gasteiger partial charge in [0, 0.05) is 19.1 Å². The fourth-order valence-corrected chi connectivity index (χ4v) is 4.70. The Bertz CT molecular complexity index is 675. The fourth-order valence-electron chi connectivity index (χ4n) is 4.70. The lowest BCUT2D eigenvalue weighted by molar-refractivity contribution is -0.143. The smallest absolute Gasteiger partial charge is 0.318 e. The van der Waals surface area contributed by atoms with Crippen LogP contribution >= 0.6 is 0 Å². The highest BCUT2D eigenvalue weighted by Crippen LogP contribution is 2.26. The number of amides is 3. The third kappa shape index (κ3) is 4.32. The Morgan fingerprint density at radius 1 is 0.964 bits per heavy atom. The second-order valence-electron chi connectivity index (χ2n) is 8.19. The van der Waals surface area contributed by atoms with Crippen molar-refractivity contribution in [1.29, 1.82) is 0 Å². The van der Waals surface area contributed by atoms with Gasteiger partial charge in [-0.1, -0.05) is 49.6 Å². The molecule has 0 radical (unpaired) electrons. The summed E-state index contributed by atoms with van der Waals surface area (Å²) in [5.41, 5.74) is 1.10. The van der Waals surface area contributed by atoms with Gasteiger partial charge in [0.1, 0.15) is 12.1 Å². The van der Waals surface area contributed by atoms with Gasteiger partial charge >= 0.3 is 6.03 Å². The Kier molecular flexibility index (Phi) is 6.15. The molecule has 2 heterocycles. The summed E-state index contributed by atoms with van der Waals surface area (Å²) in [7, 11) is 0. The number of nitrogens with zero attached hydrogens (tertiary/aromatic N) is 2. The summed E-state index contributed by atoms with van der Waals surface area (Å²) in [6.45, 7) is 2.35. The third-order valence-electron chi connectivity index (χ3n) is 6.28. The van der Waals surface area contributed by atoms with Gasteiger partial charge in [-0.3, -0.25) is 4.79 Å². The molecule has 3 fully saturated rings. The van der Waals surface area contributed by atoms with E-state index in [0.717, 1.165) is 31.2 Å². The molecule has 0 unspecified atom stereocenters. The standard InChI is InChI=1S/C22H31N3O3/c26-21(24-14-15-28-20(16-24)17-8-3-1-4-9-17)19-12-7-13-25(19)22(27)23-18-10-5-2-6-11-18/h1,3-4,8-9,18-20H,2,5-7,10-16H2,(H,23,27)/t19-,20-/m0/s1. The van der Waals surface area contributed by atoms with E-state index in [0.29, 0.717) is 26.2 Å². The molecule has 0 spiro atoms. The van der Waals surface area contributed by atoms with Crippen LogP contribution in [-0.4, -0.2) is 60.1 Å². The normalized spacial score (nSPS) is 26.3. The Morgan fingerprint density at radius 2 is 1.75 bits per heavy atom. The van der Waals surface area contributed by atoms with Crippen molar-refractivity contribution in [2.45, 2.75) is 63.1 Å². The van der Waals surface area contributed by atoms with Gasteiger partial charge in [0.2, 0.25) is 5.91 Å². The van der Waals surface area contributed by atoms with Crippen molar-refractivity contribution in [2.75, 3.05) is 26.2 Å². The molecule has 1 aliphatic carbocycles. The maximum absolute atomic E-state index is 13.2. The summed E-state index contributed by atoms with van der Waals surface area (Å²) in [4.78, 5) is 29.7. The lowest BCUT2D eigenvalue weighted by Crippen LogP contribution is -2.54. The van der Waals surface area contributed by atoms with Gasteiger partial charge in [-0.05, 0) is 31.2 Å². The Balaban J connectivity index is 1.38. The van der Waals surface area contributed by atoms with Gasteiger partial charge in [0.15, 0.2) is 0 Å². The number of nitrogens with one attached hydrogen (secondary N) is 1. The molecule has 6 nitrogen and oxygen atoms in total. The van der Waals surface area contributed by atoms with Crippen LogP contribution in [0.3, 0.4) is 0 Å². The second-order valence-corrected chi connectivity index (χ2v) is 8.19. The zero-order valence-corrected chi connectivity index (χ0v) is 16.5. The first-order chi connectivity index (χ1) is 13.7. The SMILES string of the molecule is O=C([C@@H]1CCCN1C(=O)NC1CCCCC1)N1CCO[C@H](c2ccccc2)C1. The van der Waals surface area contributed by atoms with E-state index in [1.54, 1.807) is 4.90 Å². The summed E-state index contributed by atoms with van der Waals surface area (Å²) < 4.78 is 5.90. The van der Waals surface area contributed by atoms with Crippen LogP contribution in [0.2, 0.25) is 0 Å². The highest BCUT2D eigenvalue weighted by molar-refractivity contribution is 5.88. The van der Waals surface area contributed by atoms with Crippen molar-refractivity contribution in [1.82, 2.24) is 15.1 Å². The summed E-state index contributed by atoms with van der Waals surface area (Å²) in [5, 5.41) is 3.17. The molecular formula is C22H31N3O3. The summed E-state index contributed by atoms with van der Waals surface area (Å²) in [6.07, 6.45) is 7.29. The molecule has 2 saturated heterocycles. The van der Waals surface area contributed by atoms with Gasteiger partial charge in [-0.2, -0.15) is 0 Å². The highest BCUT2D eigenvalue weighted by atomic mass is 16.5. The van der Waals surface area contributed by atoms with Crippen LogP contribution in [0.25, 0.3) is 0 Å². The first-order valence-corrected chi connectivity index (χ1v) is 10.7. The zero-order valence-electron chi connectivity index (χ0n) is 16.5. The molecule has 6 heteroatoms. The minimum absolute atomic E-state index is 0.0596. The molecule has 0 aromatic heterocycles. The van der Waals surface area contributed by atoms with Crippen molar-refractivity contribution in [3.63, 3.8) is 0 Å². The van der Waals surface area contributed by atoms with Crippen LogP contribution in [-0.2, 0) is 9.53 Å². The average Bonchev–Trinajstić information content (AvgIpc) is 3.25. The number of rotatable bonds is 3. The maximum atomic E-state index is 13.2. The van der Waals surface area contributed by atoms with Crippen molar-refractivity contribution >= 4 is 11.9 Å². The van der Waals surface area contributed by atoms with Gasteiger partial charge in [0.25, 0.3) is 0 Å². The monoisotopic (exact) mass is 385 g/mol. The van der Waals surface area contributed by atoms with Crippen molar-refractivity contribution < 1.29 is 14.3 Å². The van der Waals surface area contributed by atoms with E-state index in [2.05, 4.69) is 5.32 Å². The number of carbonyl (C=O) groups excluding carboxylic acids is 2. The first kappa shape index (κ1) is 19.2. The van der Waals surface area contributed by atoms with E-state index < -0.39 is 0 Å². The number of likely N-dealkylation sites (tertiary alicyclic amines) is 1. The summed E-state index contributed by atoms with van der Waals surface area (Å²) in [6, 6.07) is 9.92. The van der Waals surface area contributed by atoms with Crippen LogP contribution in [0.5, 0.6) is 0 Å². The van der Waals surface area contributed by atoms with Gasteiger partial charge < -0.3 is 19.9 Å². The molecule has 2 atom stereocenters. The molecule has 4 rings (SSSR count). The van der Waals surface area contributed by atoms with E-state index in [-0.39, 0.29) is 30.1 Å². The molecule has 152 valence electrons. The molecule has 1 aromatic rings. The number of benzene rings is 1. The van der Waals surface area contributed by atoms with E-state index in [9.17, 15) is 9.59 Å². The predicted octanol–water partition coefficient (Wildman–Crippen LogP) is 3.09. The van der Waals surface area contributed by atoms with E-state index in [4.69, 9.17) is 4.74 Å². The zero-order chi connectivity index (χ0) is 19.3. The van der Waals surface area contributed by atoms with Gasteiger partial charge in [-0.25, -0.2) is 4.79 Å². The number of urea groups is 1. The molecule has 0 bridgehead atoms. The van der Waals surface area contributed by atoms with E-state index >= 15 is 0 Å².